The fraction of sp³-hybridized carbons (Fsp3) is 0.538. The van der Waals surface area contributed by atoms with Gasteiger partial charge in [0.05, 0.1) is 11.4 Å². The van der Waals surface area contributed by atoms with E-state index in [4.69, 9.17) is 22.1 Å². The van der Waals surface area contributed by atoms with Crippen molar-refractivity contribution in [3.05, 3.63) is 23.2 Å². The smallest absolute Gasteiger partial charge is 0.0589 e. The van der Waals surface area contributed by atoms with Crippen LogP contribution in [0.2, 0.25) is 5.02 Å². The third-order valence-electron chi connectivity index (χ3n) is 3.46. The minimum absolute atomic E-state index is 0.408. The zero-order valence-electron chi connectivity index (χ0n) is 10.1. The lowest BCUT2D eigenvalue weighted by Crippen LogP contribution is -2.17. The SMILES string of the molecule is COCCC1(CNc2cc(Cl)ccc2N)CC1. The van der Waals surface area contributed by atoms with Gasteiger partial charge in [-0.05, 0) is 42.9 Å². The average Bonchev–Trinajstić information content (AvgIpc) is 3.09. The number of anilines is 2. The summed E-state index contributed by atoms with van der Waals surface area (Å²) in [6.45, 7) is 1.77. The predicted molar refractivity (Wildman–Crippen MR) is 72.5 cm³/mol. The number of methoxy groups -OCH3 is 1. The molecule has 1 fully saturated rings. The lowest BCUT2D eigenvalue weighted by atomic mass is 10.0. The Balaban J connectivity index is 1.91. The summed E-state index contributed by atoms with van der Waals surface area (Å²) in [5, 5.41) is 4.11. The van der Waals surface area contributed by atoms with Crippen molar-refractivity contribution in [2.75, 3.05) is 31.3 Å². The fourth-order valence-electron chi connectivity index (χ4n) is 1.97. The molecule has 0 atom stereocenters. The minimum Gasteiger partial charge on any atom is -0.397 e. The fourth-order valence-corrected chi connectivity index (χ4v) is 2.15. The van der Waals surface area contributed by atoms with Crippen molar-refractivity contribution in [1.29, 1.82) is 0 Å². The summed E-state index contributed by atoms with van der Waals surface area (Å²) in [5.41, 5.74) is 7.98. The molecule has 3 N–H and O–H groups in total. The van der Waals surface area contributed by atoms with Gasteiger partial charge in [0.25, 0.3) is 0 Å². The largest absolute Gasteiger partial charge is 0.397 e. The lowest BCUT2D eigenvalue weighted by molar-refractivity contribution is 0.175. The third kappa shape index (κ3) is 3.27. The Labute approximate surface area is 107 Å². The summed E-state index contributed by atoms with van der Waals surface area (Å²) >= 11 is 5.95. The second kappa shape index (κ2) is 5.15. The number of nitrogen functional groups attached to an aromatic ring is 1. The maximum Gasteiger partial charge on any atom is 0.0589 e. The molecule has 0 spiro atoms. The molecule has 4 heteroatoms. The molecule has 0 saturated heterocycles. The number of ether oxygens (including phenoxy) is 1. The van der Waals surface area contributed by atoms with Gasteiger partial charge in [-0.2, -0.15) is 0 Å². The normalized spacial score (nSPS) is 16.8. The van der Waals surface area contributed by atoms with Gasteiger partial charge in [0.2, 0.25) is 0 Å². The zero-order valence-corrected chi connectivity index (χ0v) is 10.9. The highest BCUT2D eigenvalue weighted by atomic mass is 35.5. The summed E-state index contributed by atoms with van der Waals surface area (Å²) in [7, 11) is 1.75. The molecule has 2 rings (SSSR count). The molecule has 1 aliphatic carbocycles. The van der Waals surface area contributed by atoms with E-state index in [1.54, 1.807) is 13.2 Å². The topological polar surface area (TPSA) is 47.3 Å². The van der Waals surface area contributed by atoms with Crippen LogP contribution in [-0.2, 0) is 4.74 Å². The van der Waals surface area contributed by atoms with E-state index in [1.165, 1.54) is 12.8 Å². The highest BCUT2D eigenvalue weighted by Gasteiger charge is 2.41. The summed E-state index contributed by atoms with van der Waals surface area (Å²) in [4.78, 5) is 0. The first kappa shape index (κ1) is 12.5. The molecule has 0 aliphatic heterocycles. The van der Waals surface area contributed by atoms with Crippen molar-refractivity contribution in [1.82, 2.24) is 0 Å². The summed E-state index contributed by atoms with van der Waals surface area (Å²) < 4.78 is 5.14. The Hall–Kier alpha value is -0.930. The molecule has 0 radical (unpaired) electrons. The average molecular weight is 255 g/mol. The Kier molecular flexibility index (Phi) is 3.79. The van der Waals surface area contributed by atoms with E-state index in [1.807, 2.05) is 12.1 Å². The molecule has 17 heavy (non-hydrogen) atoms. The van der Waals surface area contributed by atoms with Crippen molar-refractivity contribution in [3.63, 3.8) is 0 Å². The number of benzene rings is 1. The van der Waals surface area contributed by atoms with Crippen molar-refractivity contribution >= 4 is 23.0 Å². The molecule has 0 heterocycles. The van der Waals surface area contributed by atoms with E-state index in [0.29, 0.717) is 10.4 Å². The van der Waals surface area contributed by atoms with Crippen LogP contribution >= 0.6 is 11.6 Å². The molecule has 0 aromatic heterocycles. The Morgan fingerprint density at radius 2 is 2.24 bits per heavy atom. The van der Waals surface area contributed by atoms with Crippen molar-refractivity contribution in [2.45, 2.75) is 19.3 Å². The van der Waals surface area contributed by atoms with Gasteiger partial charge in [0.1, 0.15) is 0 Å². The first-order valence-electron chi connectivity index (χ1n) is 5.93. The molecule has 0 unspecified atom stereocenters. The van der Waals surface area contributed by atoms with Gasteiger partial charge in [0, 0.05) is 25.3 Å². The van der Waals surface area contributed by atoms with Crippen LogP contribution in [0.3, 0.4) is 0 Å². The van der Waals surface area contributed by atoms with Gasteiger partial charge in [-0.25, -0.2) is 0 Å². The van der Waals surface area contributed by atoms with Gasteiger partial charge in [0.15, 0.2) is 0 Å². The van der Waals surface area contributed by atoms with E-state index in [2.05, 4.69) is 5.32 Å². The van der Waals surface area contributed by atoms with Crippen LogP contribution in [0.5, 0.6) is 0 Å². The number of halogens is 1. The Morgan fingerprint density at radius 3 is 2.88 bits per heavy atom. The first-order valence-corrected chi connectivity index (χ1v) is 6.31. The number of nitrogens with two attached hydrogens (primary N) is 1. The van der Waals surface area contributed by atoms with E-state index in [0.717, 1.165) is 30.9 Å². The van der Waals surface area contributed by atoms with Gasteiger partial charge < -0.3 is 15.8 Å². The first-order chi connectivity index (χ1) is 8.15. The lowest BCUT2D eigenvalue weighted by Gasteiger charge is -2.17. The van der Waals surface area contributed by atoms with Gasteiger partial charge in [-0.15, -0.1) is 0 Å². The molecule has 1 aromatic carbocycles. The summed E-state index contributed by atoms with van der Waals surface area (Å²) in [6, 6.07) is 5.52. The molecule has 1 aliphatic rings. The maximum absolute atomic E-state index is 5.95. The number of hydrogen-bond acceptors (Lipinski definition) is 3. The van der Waals surface area contributed by atoms with Gasteiger partial charge >= 0.3 is 0 Å². The second-order valence-corrected chi connectivity index (χ2v) is 5.26. The summed E-state index contributed by atoms with van der Waals surface area (Å²) in [5.74, 6) is 0. The summed E-state index contributed by atoms with van der Waals surface area (Å²) in [6.07, 6.45) is 3.64. The van der Waals surface area contributed by atoms with Crippen LogP contribution in [0.25, 0.3) is 0 Å². The highest BCUT2D eigenvalue weighted by Crippen LogP contribution is 2.48. The van der Waals surface area contributed by atoms with Crippen LogP contribution < -0.4 is 11.1 Å². The van der Waals surface area contributed by atoms with Crippen LogP contribution in [0.4, 0.5) is 11.4 Å². The highest BCUT2D eigenvalue weighted by molar-refractivity contribution is 6.31. The van der Waals surface area contributed by atoms with E-state index in [-0.39, 0.29) is 0 Å². The molecule has 1 saturated carbocycles. The van der Waals surface area contributed by atoms with Crippen molar-refractivity contribution in [3.8, 4) is 0 Å². The molecule has 3 nitrogen and oxygen atoms in total. The molecular weight excluding hydrogens is 236 g/mol. The molecule has 0 bridgehead atoms. The zero-order chi connectivity index (χ0) is 12.3. The predicted octanol–water partition coefficient (Wildman–Crippen LogP) is 3.15. The van der Waals surface area contributed by atoms with Crippen LogP contribution in [0.15, 0.2) is 18.2 Å². The van der Waals surface area contributed by atoms with Crippen LogP contribution in [0.1, 0.15) is 19.3 Å². The van der Waals surface area contributed by atoms with E-state index < -0.39 is 0 Å². The van der Waals surface area contributed by atoms with Crippen molar-refractivity contribution < 1.29 is 4.74 Å². The number of rotatable bonds is 6. The molecule has 94 valence electrons. The number of hydrogen-bond donors (Lipinski definition) is 2. The van der Waals surface area contributed by atoms with E-state index in [9.17, 15) is 0 Å². The van der Waals surface area contributed by atoms with Gasteiger partial charge in [-0.1, -0.05) is 11.6 Å². The second-order valence-electron chi connectivity index (χ2n) is 4.83. The molecular formula is C13H19ClN2O. The van der Waals surface area contributed by atoms with Crippen molar-refractivity contribution in [2.24, 2.45) is 5.41 Å². The van der Waals surface area contributed by atoms with Gasteiger partial charge in [-0.3, -0.25) is 0 Å². The molecule has 1 aromatic rings. The maximum atomic E-state index is 5.95. The quantitative estimate of drug-likeness (QED) is 0.767. The van der Waals surface area contributed by atoms with E-state index >= 15 is 0 Å². The minimum atomic E-state index is 0.408. The third-order valence-corrected chi connectivity index (χ3v) is 3.70. The Morgan fingerprint density at radius 1 is 1.47 bits per heavy atom. The van der Waals surface area contributed by atoms with Crippen LogP contribution in [0, 0.1) is 5.41 Å². The van der Waals surface area contributed by atoms with Crippen LogP contribution in [-0.4, -0.2) is 20.3 Å². The standard InChI is InChI=1S/C13H19ClN2O/c1-17-7-6-13(4-5-13)9-16-12-8-10(14)2-3-11(12)15/h2-3,8,16H,4-7,9,15H2,1H3. The monoisotopic (exact) mass is 254 g/mol. The molecule has 0 amide bonds. The number of nitrogens with one attached hydrogen (secondary N) is 1. The Bertz CT molecular complexity index is 391.